The first-order valence-electron chi connectivity index (χ1n) is 8.68. The van der Waals surface area contributed by atoms with Gasteiger partial charge in [-0.25, -0.2) is 9.97 Å². The van der Waals surface area contributed by atoms with Crippen molar-refractivity contribution in [1.29, 1.82) is 0 Å². The number of nitrogens with one attached hydrogen (secondary N) is 3. The summed E-state index contributed by atoms with van der Waals surface area (Å²) in [7, 11) is 2.03. The Bertz CT molecular complexity index is 1250. The normalized spacial score (nSPS) is 11.1. The van der Waals surface area contributed by atoms with Crippen molar-refractivity contribution in [3.8, 4) is 11.5 Å². The van der Waals surface area contributed by atoms with Crippen molar-refractivity contribution in [3.63, 3.8) is 0 Å². The lowest BCUT2D eigenvalue weighted by molar-refractivity contribution is 0.483. The fourth-order valence-corrected chi connectivity index (χ4v) is 3.07. The van der Waals surface area contributed by atoms with Crippen molar-refractivity contribution in [2.75, 3.05) is 5.32 Å². The van der Waals surface area contributed by atoms with E-state index in [0.29, 0.717) is 5.95 Å². The molecule has 5 rings (SSSR count). The molecule has 0 aliphatic carbocycles. The number of ether oxygens (including phenoxy) is 1. The van der Waals surface area contributed by atoms with Gasteiger partial charge in [0, 0.05) is 23.8 Å². The zero-order chi connectivity index (χ0) is 18.2. The largest absolute Gasteiger partial charge is 0.457 e. The van der Waals surface area contributed by atoms with E-state index in [9.17, 15) is 0 Å². The standard InChI is InChI=1S/C20H16BN5O/c21-12-8-15-18(11-23-19(15)22-10-12)26-20-24-16-7-6-14(9-17(16)25-20)27-13-4-2-1-3-5-13/h1-11H,21H2,(H,22,23)(H2,24,25,26). The summed E-state index contributed by atoms with van der Waals surface area (Å²) in [5.74, 6) is 2.22. The molecular formula is C20H16BN5O. The quantitative estimate of drug-likeness (QED) is 0.434. The summed E-state index contributed by atoms with van der Waals surface area (Å²) < 4.78 is 5.88. The molecule has 0 atom stereocenters. The summed E-state index contributed by atoms with van der Waals surface area (Å²) in [6.45, 7) is 0. The van der Waals surface area contributed by atoms with E-state index in [1.165, 1.54) is 0 Å². The van der Waals surface area contributed by atoms with Gasteiger partial charge < -0.3 is 20.0 Å². The van der Waals surface area contributed by atoms with Gasteiger partial charge in [-0.2, -0.15) is 0 Å². The van der Waals surface area contributed by atoms with Gasteiger partial charge in [0.25, 0.3) is 0 Å². The molecule has 0 spiro atoms. The molecule has 130 valence electrons. The van der Waals surface area contributed by atoms with Gasteiger partial charge in [-0.05, 0) is 24.3 Å². The Kier molecular flexibility index (Phi) is 3.57. The number of rotatable bonds is 4. The third-order valence-corrected chi connectivity index (χ3v) is 4.35. The number of imidazole rings is 1. The maximum atomic E-state index is 5.88. The minimum Gasteiger partial charge on any atom is -0.457 e. The molecule has 0 unspecified atom stereocenters. The number of fused-ring (bicyclic) bond motifs is 2. The third-order valence-electron chi connectivity index (χ3n) is 4.35. The van der Waals surface area contributed by atoms with Gasteiger partial charge in [0.15, 0.2) is 0 Å². The molecule has 7 heteroatoms. The van der Waals surface area contributed by atoms with Crippen LogP contribution in [0, 0.1) is 0 Å². The Morgan fingerprint density at radius 3 is 2.78 bits per heavy atom. The number of para-hydroxylation sites is 1. The second-order valence-electron chi connectivity index (χ2n) is 6.42. The molecule has 0 saturated carbocycles. The van der Waals surface area contributed by atoms with Crippen LogP contribution >= 0.6 is 0 Å². The first kappa shape index (κ1) is 15.5. The van der Waals surface area contributed by atoms with Crippen LogP contribution in [0.25, 0.3) is 22.1 Å². The van der Waals surface area contributed by atoms with E-state index in [-0.39, 0.29) is 0 Å². The number of aromatic amines is 2. The molecule has 5 aromatic rings. The second-order valence-corrected chi connectivity index (χ2v) is 6.42. The van der Waals surface area contributed by atoms with Gasteiger partial charge in [-0.1, -0.05) is 29.7 Å². The molecule has 0 saturated heterocycles. The molecule has 3 aromatic heterocycles. The predicted octanol–water partition coefficient (Wildman–Crippen LogP) is 3.23. The summed E-state index contributed by atoms with van der Waals surface area (Å²) in [5.41, 5.74) is 4.66. The highest BCUT2D eigenvalue weighted by atomic mass is 16.5. The van der Waals surface area contributed by atoms with Crippen molar-refractivity contribution in [2.24, 2.45) is 0 Å². The highest BCUT2D eigenvalue weighted by molar-refractivity contribution is 6.33. The molecule has 0 bridgehead atoms. The van der Waals surface area contributed by atoms with E-state index in [4.69, 9.17) is 4.74 Å². The predicted molar refractivity (Wildman–Crippen MR) is 110 cm³/mol. The first-order chi connectivity index (χ1) is 13.2. The number of pyridine rings is 1. The number of anilines is 2. The van der Waals surface area contributed by atoms with Crippen LogP contribution in [0.2, 0.25) is 0 Å². The lowest BCUT2D eigenvalue weighted by Gasteiger charge is -2.04. The number of H-pyrrole nitrogens is 2. The first-order valence-corrected chi connectivity index (χ1v) is 8.68. The summed E-state index contributed by atoms with van der Waals surface area (Å²) in [6.07, 6.45) is 3.74. The Balaban J connectivity index is 1.45. The Hall–Kier alpha value is -3.74. The number of hydrogen-bond acceptors (Lipinski definition) is 4. The monoisotopic (exact) mass is 353 g/mol. The van der Waals surface area contributed by atoms with E-state index in [2.05, 4.69) is 31.3 Å². The average Bonchev–Trinajstić information content (AvgIpc) is 3.26. The lowest BCUT2D eigenvalue weighted by atomic mass is 9.98. The van der Waals surface area contributed by atoms with Crippen molar-refractivity contribution in [3.05, 3.63) is 67.0 Å². The Morgan fingerprint density at radius 2 is 1.89 bits per heavy atom. The lowest BCUT2D eigenvalue weighted by Crippen LogP contribution is -2.02. The number of aromatic nitrogens is 4. The van der Waals surface area contributed by atoms with Crippen LogP contribution < -0.4 is 15.5 Å². The summed E-state index contributed by atoms with van der Waals surface area (Å²) in [5, 5.41) is 4.37. The van der Waals surface area contributed by atoms with E-state index in [1.54, 1.807) is 0 Å². The third kappa shape index (κ3) is 2.99. The van der Waals surface area contributed by atoms with Crippen molar-refractivity contribution in [1.82, 2.24) is 19.9 Å². The molecule has 3 heterocycles. The minimum atomic E-state index is 0.671. The second kappa shape index (κ2) is 6.21. The number of hydrogen-bond donors (Lipinski definition) is 3. The van der Waals surface area contributed by atoms with E-state index in [1.807, 2.05) is 68.8 Å². The molecule has 0 fully saturated rings. The maximum Gasteiger partial charge on any atom is 0.205 e. The van der Waals surface area contributed by atoms with Gasteiger partial charge in [0.1, 0.15) is 25.0 Å². The van der Waals surface area contributed by atoms with Crippen LogP contribution in [0.4, 0.5) is 11.6 Å². The van der Waals surface area contributed by atoms with Gasteiger partial charge in [-0.3, -0.25) is 0 Å². The average molecular weight is 353 g/mol. The van der Waals surface area contributed by atoms with Gasteiger partial charge in [0.2, 0.25) is 5.95 Å². The summed E-state index contributed by atoms with van der Waals surface area (Å²) >= 11 is 0. The summed E-state index contributed by atoms with van der Waals surface area (Å²) in [6, 6.07) is 17.6. The number of benzene rings is 2. The molecule has 0 aliphatic heterocycles. The fraction of sp³-hybridized carbons (Fsp3) is 0. The van der Waals surface area contributed by atoms with Gasteiger partial charge in [0.05, 0.1) is 16.7 Å². The zero-order valence-corrected chi connectivity index (χ0v) is 14.7. The van der Waals surface area contributed by atoms with Crippen LogP contribution in [0.5, 0.6) is 11.5 Å². The van der Waals surface area contributed by atoms with Crippen LogP contribution in [0.15, 0.2) is 67.0 Å². The zero-order valence-electron chi connectivity index (χ0n) is 14.7. The van der Waals surface area contributed by atoms with E-state index >= 15 is 0 Å². The van der Waals surface area contributed by atoms with Crippen LogP contribution in [-0.2, 0) is 0 Å². The van der Waals surface area contributed by atoms with Crippen molar-refractivity contribution >= 4 is 47.0 Å². The maximum absolute atomic E-state index is 5.88. The summed E-state index contributed by atoms with van der Waals surface area (Å²) in [4.78, 5) is 15.5. The topological polar surface area (TPSA) is 78.6 Å². The Labute approximate surface area is 156 Å². The minimum absolute atomic E-state index is 0.671. The Morgan fingerprint density at radius 1 is 1.00 bits per heavy atom. The molecule has 0 radical (unpaired) electrons. The van der Waals surface area contributed by atoms with Crippen LogP contribution in [0.3, 0.4) is 0 Å². The van der Waals surface area contributed by atoms with Crippen molar-refractivity contribution < 1.29 is 4.74 Å². The van der Waals surface area contributed by atoms with Gasteiger partial charge in [-0.15, -0.1) is 0 Å². The highest BCUT2D eigenvalue weighted by Crippen LogP contribution is 2.27. The fourth-order valence-electron chi connectivity index (χ4n) is 3.07. The SMILES string of the molecule is Bc1cnc2[nH]cc(Nc3nc4cc(Oc5ccccc5)ccc4[nH]3)c2c1. The smallest absolute Gasteiger partial charge is 0.205 e. The van der Waals surface area contributed by atoms with Gasteiger partial charge >= 0.3 is 0 Å². The van der Waals surface area contributed by atoms with E-state index < -0.39 is 0 Å². The van der Waals surface area contributed by atoms with Crippen LogP contribution in [0.1, 0.15) is 0 Å². The molecule has 6 nitrogen and oxygen atoms in total. The molecule has 0 aliphatic rings. The van der Waals surface area contributed by atoms with E-state index in [0.717, 1.165) is 44.7 Å². The number of nitrogens with zero attached hydrogens (tertiary/aromatic N) is 2. The van der Waals surface area contributed by atoms with Crippen LogP contribution in [-0.4, -0.2) is 27.8 Å². The van der Waals surface area contributed by atoms with Crippen molar-refractivity contribution in [2.45, 2.75) is 0 Å². The molecule has 27 heavy (non-hydrogen) atoms. The highest BCUT2D eigenvalue weighted by Gasteiger charge is 2.09. The molecular weight excluding hydrogens is 337 g/mol. The molecule has 2 aromatic carbocycles. The molecule has 0 amide bonds. The molecule has 3 N–H and O–H groups in total.